The van der Waals surface area contributed by atoms with Crippen molar-refractivity contribution in [3.8, 4) is 5.75 Å². The molecule has 1 heterocycles. The van der Waals surface area contributed by atoms with Crippen molar-refractivity contribution in [3.63, 3.8) is 0 Å². The number of rotatable bonds is 5. The third-order valence-electron chi connectivity index (χ3n) is 4.92. The van der Waals surface area contributed by atoms with Crippen molar-refractivity contribution in [2.24, 2.45) is 0 Å². The Morgan fingerprint density at radius 3 is 2.59 bits per heavy atom. The maximum atomic E-state index is 12.9. The van der Waals surface area contributed by atoms with Gasteiger partial charge in [0, 0.05) is 22.2 Å². The van der Waals surface area contributed by atoms with E-state index in [2.05, 4.69) is 16.0 Å². The summed E-state index contributed by atoms with van der Waals surface area (Å²) in [6.45, 7) is 1.83. The monoisotopic (exact) mass is 447 g/mol. The van der Waals surface area contributed by atoms with Crippen molar-refractivity contribution >= 4 is 46.5 Å². The number of hydrogen-bond acceptors (Lipinski definition) is 5. The van der Waals surface area contributed by atoms with Crippen molar-refractivity contribution in [2.45, 2.75) is 17.1 Å². The first kappa shape index (κ1) is 21.5. The number of carbonyl (C=O) groups is 3. The molecule has 0 fully saturated rings. The minimum Gasteiger partial charge on any atom is -0.497 e. The van der Waals surface area contributed by atoms with E-state index in [-0.39, 0.29) is 23.0 Å². The van der Waals surface area contributed by atoms with Crippen molar-refractivity contribution < 1.29 is 19.1 Å². The van der Waals surface area contributed by atoms with Crippen molar-refractivity contribution in [1.82, 2.24) is 0 Å². The summed E-state index contributed by atoms with van der Waals surface area (Å²) < 4.78 is 5.18. The van der Waals surface area contributed by atoms with Gasteiger partial charge in [0.2, 0.25) is 5.91 Å². The van der Waals surface area contributed by atoms with Gasteiger partial charge in [-0.15, -0.1) is 11.8 Å². The average Bonchev–Trinajstić information content (AvgIpc) is 2.80. The number of thioether (sulfide) groups is 1. The summed E-state index contributed by atoms with van der Waals surface area (Å²) >= 11 is 1.45. The summed E-state index contributed by atoms with van der Waals surface area (Å²) in [5.41, 5.74) is 2.26. The molecular formula is C24H21N3O4S. The molecule has 0 aliphatic carbocycles. The lowest BCUT2D eigenvalue weighted by molar-refractivity contribution is -0.115. The van der Waals surface area contributed by atoms with Crippen LogP contribution in [0.5, 0.6) is 5.75 Å². The number of nitrogens with one attached hydrogen (secondary N) is 3. The molecule has 0 spiro atoms. The van der Waals surface area contributed by atoms with Gasteiger partial charge < -0.3 is 20.7 Å². The van der Waals surface area contributed by atoms with Gasteiger partial charge in [-0.05, 0) is 49.4 Å². The molecule has 162 valence electrons. The number of amides is 3. The number of para-hydroxylation sites is 1. The number of fused-ring (bicyclic) bond motifs is 1. The zero-order valence-corrected chi connectivity index (χ0v) is 18.3. The minimum absolute atomic E-state index is 0.0976. The first-order chi connectivity index (χ1) is 15.4. The van der Waals surface area contributed by atoms with Crippen LogP contribution in [-0.4, -0.2) is 30.1 Å². The molecule has 3 N–H and O–H groups in total. The van der Waals surface area contributed by atoms with E-state index >= 15 is 0 Å². The Morgan fingerprint density at radius 2 is 1.78 bits per heavy atom. The number of anilines is 3. The maximum Gasteiger partial charge on any atom is 0.257 e. The molecule has 0 aromatic heterocycles. The van der Waals surface area contributed by atoms with Gasteiger partial charge in [-0.3, -0.25) is 14.4 Å². The van der Waals surface area contributed by atoms with Crippen molar-refractivity contribution in [3.05, 3.63) is 77.9 Å². The van der Waals surface area contributed by atoms with E-state index in [1.54, 1.807) is 67.8 Å². The van der Waals surface area contributed by atoms with Crippen LogP contribution in [0.3, 0.4) is 0 Å². The summed E-state index contributed by atoms with van der Waals surface area (Å²) in [5, 5.41) is 8.25. The molecule has 0 saturated heterocycles. The smallest absolute Gasteiger partial charge is 0.257 e. The fraction of sp³-hybridized carbons (Fsp3) is 0.125. The molecule has 1 aliphatic rings. The Balaban J connectivity index is 1.53. The second-order valence-corrected chi connectivity index (χ2v) is 8.53. The molecular weight excluding hydrogens is 426 g/mol. The molecule has 8 heteroatoms. The molecule has 0 radical (unpaired) electrons. The Morgan fingerprint density at radius 1 is 0.969 bits per heavy atom. The summed E-state index contributed by atoms with van der Waals surface area (Å²) in [6, 6.07) is 18.9. The quantitative estimate of drug-likeness (QED) is 0.530. The van der Waals surface area contributed by atoms with Gasteiger partial charge in [0.15, 0.2) is 0 Å². The van der Waals surface area contributed by atoms with Gasteiger partial charge in [0.1, 0.15) is 5.75 Å². The molecule has 0 bridgehead atoms. The molecule has 1 aliphatic heterocycles. The SMILES string of the molecule is COc1cccc(NC(=O)c2ccccc2NC(=O)c2ccc3c(c2)NC(=O)[C@@H](C)S3)c1. The number of hydrogen-bond donors (Lipinski definition) is 3. The highest BCUT2D eigenvalue weighted by atomic mass is 32.2. The molecule has 3 amide bonds. The fourth-order valence-electron chi connectivity index (χ4n) is 3.23. The lowest BCUT2D eigenvalue weighted by Gasteiger charge is -2.21. The Labute approximate surface area is 189 Å². The van der Waals surface area contributed by atoms with Crippen molar-refractivity contribution in [2.75, 3.05) is 23.1 Å². The first-order valence-corrected chi connectivity index (χ1v) is 10.8. The molecule has 0 saturated carbocycles. The highest BCUT2D eigenvalue weighted by molar-refractivity contribution is 8.00. The van der Waals surface area contributed by atoms with Crippen LogP contribution >= 0.6 is 11.8 Å². The topological polar surface area (TPSA) is 96.5 Å². The number of ether oxygens (including phenoxy) is 1. The zero-order chi connectivity index (χ0) is 22.7. The second kappa shape index (κ2) is 9.15. The van der Waals surface area contributed by atoms with Crippen LogP contribution in [-0.2, 0) is 4.79 Å². The van der Waals surface area contributed by atoms with E-state index in [9.17, 15) is 14.4 Å². The number of carbonyl (C=O) groups excluding carboxylic acids is 3. The van der Waals surface area contributed by atoms with Crippen LogP contribution in [0.2, 0.25) is 0 Å². The average molecular weight is 448 g/mol. The molecule has 7 nitrogen and oxygen atoms in total. The Kier molecular flexibility index (Phi) is 6.13. The largest absolute Gasteiger partial charge is 0.497 e. The van der Waals surface area contributed by atoms with E-state index in [1.165, 1.54) is 11.8 Å². The summed E-state index contributed by atoms with van der Waals surface area (Å²) in [5.74, 6) is -0.222. The van der Waals surface area contributed by atoms with E-state index in [0.717, 1.165) is 4.90 Å². The molecule has 32 heavy (non-hydrogen) atoms. The number of benzene rings is 3. The van der Waals surface area contributed by atoms with Crippen LogP contribution in [0.25, 0.3) is 0 Å². The van der Waals surface area contributed by atoms with Crippen LogP contribution in [0.1, 0.15) is 27.6 Å². The zero-order valence-electron chi connectivity index (χ0n) is 17.5. The summed E-state index contributed by atoms with van der Waals surface area (Å²) in [6.07, 6.45) is 0. The van der Waals surface area contributed by atoms with Crippen LogP contribution < -0.4 is 20.7 Å². The van der Waals surface area contributed by atoms with E-state index in [0.29, 0.717) is 33.9 Å². The first-order valence-electron chi connectivity index (χ1n) is 9.92. The van der Waals surface area contributed by atoms with E-state index < -0.39 is 0 Å². The normalized spacial score (nSPS) is 14.7. The van der Waals surface area contributed by atoms with E-state index in [1.807, 2.05) is 13.0 Å². The lowest BCUT2D eigenvalue weighted by atomic mass is 10.1. The molecule has 3 aromatic rings. The number of methoxy groups -OCH3 is 1. The molecule has 1 atom stereocenters. The summed E-state index contributed by atoms with van der Waals surface area (Å²) in [4.78, 5) is 38.6. The van der Waals surface area contributed by atoms with E-state index in [4.69, 9.17) is 4.74 Å². The van der Waals surface area contributed by atoms with Gasteiger partial charge in [0.05, 0.1) is 29.3 Å². The Bertz CT molecular complexity index is 1210. The third kappa shape index (κ3) is 4.60. The highest BCUT2D eigenvalue weighted by Gasteiger charge is 2.24. The van der Waals surface area contributed by atoms with Gasteiger partial charge in [0.25, 0.3) is 11.8 Å². The van der Waals surface area contributed by atoms with Gasteiger partial charge in [-0.2, -0.15) is 0 Å². The van der Waals surface area contributed by atoms with Gasteiger partial charge in [-0.25, -0.2) is 0 Å². The van der Waals surface area contributed by atoms with Gasteiger partial charge in [-0.1, -0.05) is 18.2 Å². The minimum atomic E-state index is -0.382. The molecule has 3 aromatic carbocycles. The third-order valence-corrected chi connectivity index (χ3v) is 6.10. The molecule has 0 unspecified atom stereocenters. The summed E-state index contributed by atoms with van der Waals surface area (Å²) in [7, 11) is 1.55. The lowest BCUT2D eigenvalue weighted by Crippen LogP contribution is -2.26. The Hall–Kier alpha value is -3.78. The van der Waals surface area contributed by atoms with Crippen LogP contribution in [0.4, 0.5) is 17.1 Å². The second-order valence-electron chi connectivity index (χ2n) is 7.15. The predicted molar refractivity (Wildman–Crippen MR) is 126 cm³/mol. The van der Waals surface area contributed by atoms with Crippen LogP contribution in [0.15, 0.2) is 71.6 Å². The van der Waals surface area contributed by atoms with Crippen molar-refractivity contribution in [1.29, 1.82) is 0 Å². The molecule has 4 rings (SSSR count). The van der Waals surface area contributed by atoms with Crippen LogP contribution in [0, 0.1) is 0 Å². The fourth-order valence-corrected chi connectivity index (χ4v) is 4.16. The standard InChI is InChI=1S/C24H21N3O4S/c1-14-22(28)27-20-12-15(10-11-21(20)32-14)23(29)26-19-9-4-3-8-18(19)24(30)25-16-6-5-7-17(13-16)31-2/h3-14H,1-2H3,(H,25,30)(H,26,29)(H,27,28)/t14-/m1/s1. The van der Waals surface area contributed by atoms with Gasteiger partial charge >= 0.3 is 0 Å². The maximum absolute atomic E-state index is 12.9. The highest BCUT2D eigenvalue weighted by Crippen LogP contribution is 2.36. The predicted octanol–water partition coefficient (Wildman–Crippen LogP) is 4.63.